The smallest absolute Gasteiger partial charge is 0.258 e. The molecule has 2 unspecified atom stereocenters. The Labute approximate surface area is 97.4 Å². The van der Waals surface area contributed by atoms with E-state index in [4.69, 9.17) is 0 Å². The van der Waals surface area contributed by atoms with E-state index >= 15 is 0 Å². The molecule has 17 heavy (non-hydrogen) atoms. The van der Waals surface area contributed by atoms with Crippen molar-refractivity contribution in [2.24, 2.45) is 0 Å². The summed E-state index contributed by atoms with van der Waals surface area (Å²) in [4.78, 5) is 0. The van der Waals surface area contributed by atoms with Crippen LogP contribution in [-0.4, -0.2) is 28.8 Å². The molecule has 12 heteroatoms. The number of rotatable bonds is 0. The van der Waals surface area contributed by atoms with Gasteiger partial charge in [-0.3, -0.25) is 9.47 Å². The van der Waals surface area contributed by atoms with Crippen LogP contribution in [0, 0.1) is 0 Å². The maximum atomic E-state index is 12.4. The third-order valence-electron chi connectivity index (χ3n) is 1.66. The van der Waals surface area contributed by atoms with Crippen molar-refractivity contribution in [3.05, 3.63) is 0 Å². The normalized spacial score (nSPS) is 38.5. The van der Waals surface area contributed by atoms with E-state index < -0.39 is 28.8 Å². The summed E-state index contributed by atoms with van der Waals surface area (Å²) < 4.78 is 104. The molecule has 0 N–H and O–H groups in total. The van der Waals surface area contributed by atoms with Crippen LogP contribution < -0.4 is 0 Å². The van der Waals surface area contributed by atoms with Gasteiger partial charge in [-0.15, -0.1) is 8.78 Å². The molecular formula is C5Cl2F8O2. The lowest BCUT2D eigenvalue weighted by Crippen LogP contribution is -2.61. The molecule has 1 saturated heterocycles. The van der Waals surface area contributed by atoms with Gasteiger partial charge >= 0.3 is 18.6 Å². The Kier molecular flexibility index (Phi) is 3.08. The monoisotopic (exact) mass is 314 g/mol. The molecule has 0 radical (unpaired) electrons. The summed E-state index contributed by atoms with van der Waals surface area (Å²) in [7, 11) is 0. The maximum absolute atomic E-state index is 12.4. The molecule has 0 aromatic carbocycles. The van der Waals surface area contributed by atoms with E-state index in [1.54, 1.807) is 0 Å². The molecule has 2 atom stereocenters. The van der Waals surface area contributed by atoms with Crippen LogP contribution in [0.4, 0.5) is 35.1 Å². The summed E-state index contributed by atoms with van der Waals surface area (Å²) in [6, 6.07) is 0. The minimum Gasteiger partial charge on any atom is -0.258 e. The molecule has 102 valence electrons. The van der Waals surface area contributed by atoms with E-state index in [1.165, 1.54) is 0 Å². The van der Waals surface area contributed by atoms with Gasteiger partial charge in [0, 0.05) is 0 Å². The molecule has 0 bridgehead atoms. The topological polar surface area (TPSA) is 18.5 Å². The van der Waals surface area contributed by atoms with Gasteiger partial charge in [-0.2, -0.15) is 26.3 Å². The zero-order valence-electron chi connectivity index (χ0n) is 7.10. The molecule has 0 aliphatic carbocycles. The van der Waals surface area contributed by atoms with Crippen LogP contribution in [0.2, 0.25) is 0 Å². The molecule has 1 aliphatic heterocycles. The second-order valence-electron chi connectivity index (χ2n) is 2.85. The van der Waals surface area contributed by atoms with E-state index in [9.17, 15) is 35.1 Å². The molecule has 1 fully saturated rings. The zero-order valence-corrected chi connectivity index (χ0v) is 8.61. The van der Waals surface area contributed by atoms with Crippen molar-refractivity contribution in [2.45, 2.75) is 28.8 Å². The van der Waals surface area contributed by atoms with Crippen LogP contribution in [0.3, 0.4) is 0 Å². The largest absolute Gasteiger partial charge is 0.489 e. The molecule has 1 aliphatic rings. The van der Waals surface area contributed by atoms with Crippen LogP contribution >= 0.6 is 23.2 Å². The summed E-state index contributed by atoms with van der Waals surface area (Å²) in [6.07, 6.45) is -17.3. The number of hydrogen-bond acceptors (Lipinski definition) is 2. The van der Waals surface area contributed by atoms with Crippen molar-refractivity contribution in [1.82, 2.24) is 0 Å². The van der Waals surface area contributed by atoms with Gasteiger partial charge in [0.25, 0.3) is 10.1 Å². The van der Waals surface area contributed by atoms with E-state index in [2.05, 4.69) is 32.7 Å². The van der Waals surface area contributed by atoms with Crippen molar-refractivity contribution >= 4 is 23.2 Å². The molecule has 0 amide bonds. The number of ether oxygens (including phenoxy) is 2. The van der Waals surface area contributed by atoms with E-state index in [0.29, 0.717) is 0 Å². The Morgan fingerprint density at radius 1 is 0.706 bits per heavy atom. The van der Waals surface area contributed by atoms with Gasteiger partial charge in [0.2, 0.25) is 0 Å². The van der Waals surface area contributed by atoms with Crippen LogP contribution in [0.5, 0.6) is 0 Å². The average molecular weight is 315 g/mol. The van der Waals surface area contributed by atoms with E-state index in [1.807, 2.05) is 0 Å². The highest BCUT2D eigenvalue weighted by atomic mass is 35.5. The van der Waals surface area contributed by atoms with Gasteiger partial charge in [0.1, 0.15) is 0 Å². The Bertz CT molecular complexity index is 297. The fraction of sp³-hybridized carbons (Fsp3) is 1.00. The first kappa shape index (κ1) is 15.0. The lowest BCUT2D eigenvalue weighted by Gasteiger charge is -2.34. The van der Waals surface area contributed by atoms with Crippen molar-refractivity contribution in [3.63, 3.8) is 0 Å². The molecule has 0 aromatic rings. The summed E-state index contributed by atoms with van der Waals surface area (Å²) in [5, 5.41) is -9.91. The highest BCUT2D eigenvalue weighted by Gasteiger charge is 2.86. The standard InChI is InChI=1S/C5Cl2F8O2/c6-1(3(8,9)10)2(7,4(11,12)13)17-5(14,15)16-1. The van der Waals surface area contributed by atoms with Gasteiger partial charge in [-0.1, -0.05) is 23.2 Å². The minimum atomic E-state index is -6.05. The average Bonchev–Trinajstić information content (AvgIpc) is 2.15. The number of halogens is 10. The van der Waals surface area contributed by atoms with Gasteiger partial charge < -0.3 is 0 Å². The highest BCUT2D eigenvalue weighted by molar-refractivity contribution is 6.34. The second kappa shape index (κ2) is 3.49. The lowest BCUT2D eigenvalue weighted by molar-refractivity contribution is -0.377. The quantitative estimate of drug-likeness (QED) is 0.502. The Morgan fingerprint density at radius 2 is 0.941 bits per heavy atom. The lowest BCUT2D eigenvalue weighted by atomic mass is 10.1. The van der Waals surface area contributed by atoms with Crippen LogP contribution in [0.25, 0.3) is 0 Å². The molecule has 0 saturated carbocycles. The van der Waals surface area contributed by atoms with Crippen LogP contribution in [0.15, 0.2) is 0 Å². The summed E-state index contributed by atoms with van der Waals surface area (Å²) in [5.74, 6) is 0. The van der Waals surface area contributed by atoms with Crippen molar-refractivity contribution in [2.75, 3.05) is 0 Å². The first-order valence-electron chi connectivity index (χ1n) is 3.46. The van der Waals surface area contributed by atoms with Crippen molar-refractivity contribution in [1.29, 1.82) is 0 Å². The Balaban J connectivity index is 3.38. The van der Waals surface area contributed by atoms with Crippen molar-refractivity contribution < 1.29 is 44.6 Å². The highest BCUT2D eigenvalue weighted by Crippen LogP contribution is 2.63. The van der Waals surface area contributed by atoms with Crippen LogP contribution in [0.1, 0.15) is 0 Å². The number of hydrogen-bond donors (Lipinski definition) is 0. The molecular weight excluding hydrogens is 315 g/mol. The third-order valence-corrected chi connectivity index (χ3v) is 2.87. The third kappa shape index (κ3) is 2.04. The summed E-state index contributed by atoms with van der Waals surface area (Å²) >= 11 is 8.84. The van der Waals surface area contributed by atoms with Gasteiger partial charge in [0.05, 0.1) is 0 Å². The predicted molar refractivity (Wildman–Crippen MR) is 36.4 cm³/mol. The molecule has 1 rings (SSSR count). The SMILES string of the molecule is FC1(F)OC(Cl)(C(F)(F)F)C(Cl)(C(F)(F)F)O1. The zero-order chi connectivity index (χ0) is 13.9. The predicted octanol–water partition coefficient (Wildman–Crippen LogP) is 3.58. The minimum absolute atomic E-state index is 2.78. The van der Waals surface area contributed by atoms with Crippen LogP contribution in [-0.2, 0) is 9.47 Å². The van der Waals surface area contributed by atoms with Crippen molar-refractivity contribution in [3.8, 4) is 0 Å². The fourth-order valence-electron chi connectivity index (χ4n) is 0.960. The van der Waals surface area contributed by atoms with E-state index in [0.717, 1.165) is 0 Å². The first-order chi connectivity index (χ1) is 7.16. The Morgan fingerprint density at radius 3 is 1.12 bits per heavy atom. The summed E-state index contributed by atoms with van der Waals surface area (Å²) in [5.41, 5.74) is 0. The van der Waals surface area contributed by atoms with Gasteiger partial charge in [-0.25, -0.2) is 0 Å². The molecule has 2 nitrogen and oxygen atoms in total. The maximum Gasteiger partial charge on any atom is 0.489 e. The van der Waals surface area contributed by atoms with E-state index in [-0.39, 0.29) is 0 Å². The molecule has 1 heterocycles. The summed E-state index contributed by atoms with van der Waals surface area (Å²) in [6.45, 7) is 0. The Hall–Kier alpha value is -0.0600. The molecule has 0 aromatic heterocycles. The molecule has 0 spiro atoms. The van der Waals surface area contributed by atoms with Gasteiger partial charge in [-0.05, 0) is 0 Å². The number of alkyl halides is 10. The first-order valence-corrected chi connectivity index (χ1v) is 4.21. The fourth-order valence-corrected chi connectivity index (χ4v) is 1.43. The van der Waals surface area contributed by atoms with Gasteiger partial charge in [0.15, 0.2) is 0 Å². The second-order valence-corrected chi connectivity index (χ2v) is 3.92.